The van der Waals surface area contributed by atoms with Crippen molar-refractivity contribution in [2.75, 3.05) is 26.3 Å². The summed E-state index contributed by atoms with van der Waals surface area (Å²) in [6.45, 7) is 2.93. The van der Waals surface area contributed by atoms with E-state index in [4.69, 9.17) is 32.7 Å². The molecule has 1 N–H and O–H groups in total. The van der Waals surface area contributed by atoms with Gasteiger partial charge < -0.3 is 14.4 Å². The molecule has 0 unspecified atom stereocenters. The maximum absolute atomic E-state index is 13.0. The van der Waals surface area contributed by atoms with E-state index >= 15 is 0 Å². The van der Waals surface area contributed by atoms with Gasteiger partial charge in [-0.2, -0.15) is 9.78 Å². The topological polar surface area (TPSA) is 107 Å². The van der Waals surface area contributed by atoms with Crippen LogP contribution >= 0.6 is 23.2 Å². The molecule has 3 heterocycles. The van der Waals surface area contributed by atoms with Crippen molar-refractivity contribution in [3.05, 3.63) is 78.5 Å². The Balaban J connectivity index is 1.34. The first kappa shape index (κ1) is 23.6. The molecule has 11 heteroatoms. The van der Waals surface area contributed by atoms with Crippen molar-refractivity contribution in [3.8, 4) is 17.2 Å². The highest BCUT2D eigenvalue weighted by atomic mass is 35.5. The molecule has 3 aromatic rings. The highest BCUT2D eigenvalue weighted by Gasteiger charge is 2.27. The predicted octanol–water partition coefficient (Wildman–Crippen LogP) is 3.44. The second-order valence-electron chi connectivity index (χ2n) is 8.57. The van der Waals surface area contributed by atoms with E-state index in [0.29, 0.717) is 23.8 Å². The summed E-state index contributed by atoms with van der Waals surface area (Å²) in [5, 5.41) is 4.11. The molecule has 0 spiro atoms. The molecule has 1 aromatic heterocycles. The molecule has 5 rings (SSSR count). The molecular weight excluding hydrogens is 495 g/mol. The first-order valence-electron chi connectivity index (χ1n) is 11.2. The number of H-pyrrole nitrogens is 1. The predicted molar refractivity (Wildman–Crippen MR) is 130 cm³/mol. The van der Waals surface area contributed by atoms with Crippen molar-refractivity contribution in [1.82, 2.24) is 19.7 Å². The molecule has 1 fully saturated rings. The zero-order valence-corrected chi connectivity index (χ0v) is 20.1. The minimum absolute atomic E-state index is 0.0311. The number of benzene rings is 2. The summed E-state index contributed by atoms with van der Waals surface area (Å²) in [6, 6.07) is 8.23. The molecule has 2 aliphatic heterocycles. The van der Waals surface area contributed by atoms with E-state index in [1.807, 2.05) is 11.0 Å². The number of ether oxygens (including phenoxy) is 2. The van der Waals surface area contributed by atoms with Crippen LogP contribution in [0.25, 0.3) is 5.69 Å². The van der Waals surface area contributed by atoms with Crippen LogP contribution in [0.3, 0.4) is 0 Å². The van der Waals surface area contributed by atoms with Crippen LogP contribution in [-0.4, -0.2) is 51.9 Å². The summed E-state index contributed by atoms with van der Waals surface area (Å²) in [5.41, 5.74) is 0.522. The lowest BCUT2D eigenvalue weighted by Gasteiger charge is -2.33. The molecule has 0 radical (unpaired) electrons. The van der Waals surface area contributed by atoms with E-state index < -0.39 is 11.2 Å². The van der Waals surface area contributed by atoms with Crippen molar-refractivity contribution in [2.24, 2.45) is 5.92 Å². The Morgan fingerprint density at radius 2 is 1.83 bits per heavy atom. The lowest BCUT2D eigenvalue weighted by Crippen LogP contribution is -2.41. The first-order chi connectivity index (χ1) is 16.9. The normalized spacial score (nSPS) is 16.3. The van der Waals surface area contributed by atoms with Gasteiger partial charge in [0.2, 0.25) is 0 Å². The lowest BCUT2D eigenvalue weighted by molar-refractivity contribution is 0.0449. The second kappa shape index (κ2) is 9.85. The van der Waals surface area contributed by atoms with Gasteiger partial charge in [0.05, 0.1) is 15.7 Å². The zero-order valence-electron chi connectivity index (χ0n) is 18.6. The van der Waals surface area contributed by atoms with E-state index in [1.165, 1.54) is 12.1 Å². The molecule has 182 valence electrons. The summed E-state index contributed by atoms with van der Waals surface area (Å²) < 4.78 is 12.4. The standard InChI is InChI=1S/C24H22Cl2N4O5/c25-19-10-16(30-24(33)28-21(31)12-27-30)11-20(26)22(19)35-17-1-2-18-15(9-17)3-6-29(23(18)32)13-14-4-7-34-8-5-14/h1-2,9-12,14H,3-8,13H2,(H,28,31,33). The second-order valence-corrected chi connectivity index (χ2v) is 9.38. The van der Waals surface area contributed by atoms with Gasteiger partial charge >= 0.3 is 5.69 Å². The summed E-state index contributed by atoms with van der Waals surface area (Å²) in [4.78, 5) is 40.4. The van der Waals surface area contributed by atoms with Crippen LogP contribution in [-0.2, 0) is 11.2 Å². The van der Waals surface area contributed by atoms with E-state index in [0.717, 1.165) is 55.5 Å². The maximum Gasteiger partial charge on any atom is 0.349 e. The molecule has 0 aliphatic carbocycles. The number of carbonyl (C=O) groups is 1. The fraction of sp³-hybridized carbons (Fsp3) is 0.333. The highest BCUT2D eigenvalue weighted by molar-refractivity contribution is 6.37. The van der Waals surface area contributed by atoms with E-state index in [2.05, 4.69) is 10.1 Å². The fourth-order valence-electron chi connectivity index (χ4n) is 4.41. The average Bonchev–Trinajstić information content (AvgIpc) is 2.84. The third kappa shape index (κ3) is 4.98. The number of hydrogen-bond acceptors (Lipinski definition) is 6. The Hall–Kier alpha value is -3.14. The molecule has 2 aliphatic rings. The Morgan fingerprint density at radius 1 is 1.09 bits per heavy atom. The minimum Gasteiger partial charge on any atom is -0.454 e. The SMILES string of the molecule is O=C1c2ccc(Oc3c(Cl)cc(-n4ncc(=O)[nH]c4=O)cc3Cl)cc2CCN1CC1CCOCC1. The van der Waals surface area contributed by atoms with Crippen LogP contribution in [0.2, 0.25) is 10.0 Å². The molecule has 2 aromatic carbocycles. The van der Waals surface area contributed by atoms with Gasteiger partial charge in [0, 0.05) is 31.9 Å². The third-order valence-corrected chi connectivity index (χ3v) is 6.79. The smallest absolute Gasteiger partial charge is 0.349 e. The molecule has 0 atom stereocenters. The van der Waals surface area contributed by atoms with Crippen LogP contribution < -0.4 is 16.0 Å². The monoisotopic (exact) mass is 516 g/mol. The van der Waals surface area contributed by atoms with Crippen molar-refractivity contribution >= 4 is 29.1 Å². The Labute approximate surface area is 210 Å². The largest absolute Gasteiger partial charge is 0.454 e. The minimum atomic E-state index is -0.719. The number of nitrogens with zero attached hydrogens (tertiary/aromatic N) is 3. The number of fused-ring (bicyclic) bond motifs is 1. The number of nitrogens with one attached hydrogen (secondary N) is 1. The summed E-state index contributed by atoms with van der Waals surface area (Å²) in [6.07, 6.45) is 3.67. The highest BCUT2D eigenvalue weighted by Crippen LogP contribution is 2.39. The van der Waals surface area contributed by atoms with Crippen molar-refractivity contribution in [2.45, 2.75) is 19.3 Å². The van der Waals surface area contributed by atoms with Crippen LogP contribution in [0.4, 0.5) is 0 Å². The molecule has 0 saturated carbocycles. The van der Waals surface area contributed by atoms with Crippen LogP contribution in [0.1, 0.15) is 28.8 Å². The van der Waals surface area contributed by atoms with Gasteiger partial charge in [0.1, 0.15) is 11.9 Å². The Morgan fingerprint density at radius 3 is 2.54 bits per heavy atom. The summed E-state index contributed by atoms with van der Waals surface area (Å²) in [7, 11) is 0. The van der Waals surface area contributed by atoms with Crippen LogP contribution in [0.5, 0.6) is 11.5 Å². The number of halogens is 2. The van der Waals surface area contributed by atoms with Crippen LogP contribution in [0.15, 0.2) is 46.1 Å². The Bertz CT molecular complexity index is 1370. The van der Waals surface area contributed by atoms with Gasteiger partial charge in [0.25, 0.3) is 11.5 Å². The van der Waals surface area contributed by atoms with Gasteiger partial charge in [-0.25, -0.2) is 4.79 Å². The molecule has 1 amide bonds. The molecule has 1 saturated heterocycles. The van der Waals surface area contributed by atoms with Gasteiger partial charge in [0.15, 0.2) is 5.75 Å². The quantitative estimate of drug-likeness (QED) is 0.556. The van der Waals surface area contributed by atoms with Gasteiger partial charge in [-0.3, -0.25) is 14.6 Å². The van der Waals surface area contributed by atoms with E-state index in [-0.39, 0.29) is 27.4 Å². The third-order valence-electron chi connectivity index (χ3n) is 6.23. The number of rotatable bonds is 5. The summed E-state index contributed by atoms with van der Waals surface area (Å²) in [5.74, 6) is 1.21. The molecular formula is C24H22Cl2N4O5. The maximum atomic E-state index is 13.0. The van der Waals surface area contributed by atoms with Crippen molar-refractivity contribution < 1.29 is 14.3 Å². The van der Waals surface area contributed by atoms with Gasteiger partial charge in [-0.1, -0.05) is 23.2 Å². The van der Waals surface area contributed by atoms with Crippen LogP contribution in [0, 0.1) is 5.92 Å². The van der Waals surface area contributed by atoms with Crippen molar-refractivity contribution in [3.63, 3.8) is 0 Å². The van der Waals surface area contributed by atoms with E-state index in [9.17, 15) is 14.4 Å². The Kier molecular flexibility index (Phi) is 6.64. The molecule has 0 bridgehead atoms. The fourth-order valence-corrected chi connectivity index (χ4v) is 4.97. The number of amides is 1. The molecule has 35 heavy (non-hydrogen) atoms. The zero-order chi connectivity index (χ0) is 24.5. The summed E-state index contributed by atoms with van der Waals surface area (Å²) >= 11 is 12.8. The number of aromatic amines is 1. The van der Waals surface area contributed by atoms with E-state index in [1.54, 1.807) is 12.1 Å². The number of aromatic nitrogens is 3. The van der Waals surface area contributed by atoms with Gasteiger partial charge in [-0.05, 0) is 61.1 Å². The van der Waals surface area contributed by atoms with Gasteiger partial charge in [-0.15, -0.1) is 0 Å². The number of hydrogen-bond donors (Lipinski definition) is 1. The van der Waals surface area contributed by atoms with Crippen molar-refractivity contribution in [1.29, 1.82) is 0 Å². The number of carbonyl (C=O) groups excluding carboxylic acids is 1. The lowest BCUT2D eigenvalue weighted by atomic mass is 9.95. The molecule has 9 nitrogen and oxygen atoms in total. The first-order valence-corrected chi connectivity index (χ1v) is 12.0. The average molecular weight is 517 g/mol.